The van der Waals surface area contributed by atoms with Crippen LogP contribution >= 0.6 is 11.6 Å². The molecule has 0 aliphatic rings. The molecular weight excluding hydrogens is 384 g/mol. The van der Waals surface area contributed by atoms with Gasteiger partial charge < -0.3 is 0 Å². The highest BCUT2D eigenvalue weighted by Gasteiger charge is 2.20. The fraction of sp³-hybridized carbons (Fsp3) is 0.793. The maximum Gasteiger partial charge on any atom is 0.0641 e. The largest absolute Gasteiger partial charge is 0.115 e. The Morgan fingerprint density at radius 2 is 1.00 bits per heavy atom. The summed E-state index contributed by atoms with van der Waals surface area (Å²) in [6.45, 7) is 11.0. The van der Waals surface area contributed by atoms with E-state index >= 15 is 0 Å². The van der Waals surface area contributed by atoms with Gasteiger partial charge in [-0.1, -0.05) is 115 Å². The lowest BCUT2D eigenvalue weighted by atomic mass is 9.89. The Labute approximate surface area is 194 Å². The van der Waals surface area contributed by atoms with Gasteiger partial charge in [0.1, 0.15) is 0 Å². The smallest absolute Gasteiger partial charge is 0.0641 e. The molecule has 1 heteroatoms. The zero-order chi connectivity index (χ0) is 22.2. The molecule has 1 rings (SSSR count). The van der Waals surface area contributed by atoms with Gasteiger partial charge in [-0.2, -0.15) is 0 Å². The molecule has 0 unspecified atom stereocenters. The van der Waals surface area contributed by atoms with Crippen LogP contribution in [0, 0.1) is 13.8 Å². The molecule has 0 aliphatic heterocycles. The molecule has 0 aliphatic carbocycles. The van der Waals surface area contributed by atoms with Crippen molar-refractivity contribution in [3.63, 3.8) is 0 Å². The van der Waals surface area contributed by atoms with E-state index in [2.05, 4.69) is 46.8 Å². The molecule has 1 aromatic rings. The first-order chi connectivity index (χ1) is 14.4. The Bertz CT molecular complexity index is 552. The standard InChI is InChI=1S/C29H51Cl/c1-6-7-8-9-10-11-12-13-14-15-16-17-18-19-20-21-22-27-23-24-28(29(4,5)30)26(3)25(27)2/h23-24H,6-22H2,1-5H3. The molecule has 0 heterocycles. The SMILES string of the molecule is CCCCCCCCCCCCCCCCCCc1ccc(C(C)(C)Cl)c(C)c1C. The summed E-state index contributed by atoms with van der Waals surface area (Å²) in [6.07, 6.45) is 24.1. The van der Waals surface area contributed by atoms with E-state index in [9.17, 15) is 0 Å². The highest BCUT2D eigenvalue weighted by molar-refractivity contribution is 6.23. The highest BCUT2D eigenvalue weighted by atomic mass is 35.5. The number of unbranched alkanes of at least 4 members (excludes halogenated alkanes) is 15. The molecule has 0 radical (unpaired) electrons. The predicted octanol–water partition coefficient (Wildman–Crippen LogP) is 10.6. The zero-order valence-electron chi connectivity index (χ0n) is 21.1. The van der Waals surface area contributed by atoms with E-state index < -0.39 is 0 Å². The van der Waals surface area contributed by atoms with Crippen LogP contribution in [0.4, 0.5) is 0 Å². The van der Waals surface area contributed by atoms with E-state index in [1.165, 1.54) is 131 Å². The lowest BCUT2D eigenvalue weighted by Crippen LogP contribution is -2.11. The van der Waals surface area contributed by atoms with Gasteiger partial charge in [-0.25, -0.2) is 0 Å². The topological polar surface area (TPSA) is 0 Å². The number of hydrogen-bond acceptors (Lipinski definition) is 0. The average Bonchev–Trinajstić information content (AvgIpc) is 2.69. The van der Waals surface area contributed by atoms with E-state index in [-0.39, 0.29) is 4.87 Å². The first-order valence-corrected chi connectivity index (χ1v) is 13.5. The van der Waals surface area contributed by atoms with Gasteiger partial charge in [-0.15, -0.1) is 11.6 Å². The van der Waals surface area contributed by atoms with E-state index in [4.69, 9.17) is 11.6 Å². The van der Waals surface area contributed by atoms with Crippen LogP contribution in [0.3, 0.4) is 0 Å². The third-order valence-corrected chi connectivity index (χ3v) is 7.04. The van der Waals surface area contributed by atoms with Crippen molar-refractivity contribution < 1.29 is 0 Å². The molecule has 30 heavy (non-hydrogen) atoms. The molecule has 174 valence electrons. The fourth-order valence-electron chi connectivity index (χ4n) is 4.66. The first kappa shape index (κ1) is 27.5. The van der Waals surface area contributed by atoms with Gasteiger partial charge >= 0.3 is 0 Å². The summed E-state index contributed by atoms with van der Waals surface area (Å²) in [5.74, 6) is 0. The number of rotatable bonds is 18. The molecule has 0 spiro atoms. The normalized spacial score (nSPS) is 11.9. The van der Waals surface area contributed by atoms with Crippen molar-refractivity contribution in [3.05, 3.63) is 34.4 Å². The third kappa shape index (κ3) is 11.8. The van der Waals surface area contributed by atoms with Crippen LogP contribution in [0.25, 0.3) is 0 Å². The average molecular weight is 435 g/mol. The van der Waals surface area contributed by atoms with Crippen molar-refractivity contribution in [2.24, 2.45) is 0 Å². The summed E-state index contributed by atoms with van der Waals surface area (Å²) in [4.78, 5) is -0.276. The maximum atomic E-state index is 6.54. The Balaban J connectivity index is 1.99. The second kappa shape index (κ2) is 16.2. The lowest BCUT2D eigenvalue weighted by molar-refractivity contribution is 0.529. The second-order valence-electron chi connectivity index (χ2n) is 10.0. The van der Waals surface area contributed by atoms with Gasteiger partial charge in [0.25, 0.3) is 0 Å². The zero-order valence-corrected chi connectivity index (χ0v) is 21.8. The molecule has 1 aromatic carbocycles. The van der Waals surface area contributed by atoms with Crippen LogP contribution in [0.1, 0.15) is 146 Å². The third-order valence-electron chi connectivity index (χ3n) is 6.84. The Morgan fingerprint density at radius 3 is 1.40 bits per heavy atom. The molecule has 0 amide bonds. The van der Waals surface area contributed by atoms with Crippen molar-refractivity contribution >= 4 is 11.6 Å². The van der Waals surface area contributed by atoms with E-state index in [1.807, 2.05) is 0 Å². The fourth-order valence-corrected chi connectivity index (χ4v) is 4.86. The second-order valence-corrected chi connectivity index (χ2v) is 11.0. The molecule has 0 saturated carbocycles. The summed E-state index contributed by atoms with van der Waals surface area (Å²) in [6, 6.07) is 4.56. The first-order valence-electron chi connectivity index (χ1n) is 13.2. The minimum absolute atomic E-state index is 0.276. The number of halogens is 1. The van der Waals surface area contributed by atoms with E-state index in [1.54, 1.807) is 0 Å². The summed E-state index contributed by atoms with van der Waals surface area (Å²) < 4.78 is 0. The number of benzene rings is 1. The van der Waals surface area contributed by atoms with Gasteiger partial charge in [-0.3, -0.25) is 0 Å². The van der Waals surface area contributed by atoms with Gasteiger partial charge in [-0.05, 0) is 62.8 Å². The van der Waals surface area contributed by atoms with Crippen LogP contribution in [-0.2, 0) is 11.3 Å². The van der Waals surface area contributed by atoms with Crippen LogP contribution < -0.4 is 0 Å². The quantitative estimate of drug-likeness (QED) is 0.159. The van der Waals surface area contributed by atoms with Gasteiger partial charge in [0, 0.05) is 0 Å². The molecular formula is C29H51Cl. The lowest BCUT2D eigenvalue weighted by Gasteiger charge is -2.22. The molecule has 0 saturated heterocycles. The van der Waals surface area contributed by atoms with E-state index in [0.29, 0.717) is 0 Å². The van der Waals surface area contributed by atoms with Gasteiger partial charge in [0.2, 0.25) is 0 Å². The molecule has 0 aromatic heterocycles. The summed E-state index contributed by atoms with van der Waals surface area (Å²) >= 11 is 6.54. The summed E-state index contributed by atoms with van der Waals surface area (Å²) in [5.41, 5.74) is 5.62. The molecule has 0 atom stereocenters. The Morgan fingerprint density at radius 1 is 0.600 bits per heavy atom. The van der Waals surface area contributed by atoms with Crippen molar-refractivity contribution in [2.45, 2.75) is 149 Å². The summed E-state index contributed by atoms with van der Waals surface area (Å²) in [7, 11) is 0. The highest BCUT2D eigenvalue weighted by Crippen LogP contribution is 2.33. The van der Waals surface area contributed by atoms with Crippen molar-refractivity contribution in [1.82, 2.24) is 0 Å². The van der Waals surface area contributed by atoms with Crippen molar-refractivity contribution in [2.75, 3.05) is 0 Å². The number of aryl methyl sites for hydroxylation is 1. The van der Waals surface area contributed by atoms with E-state index in [0.717, 1.165) is 0 Å². The Kier molecular flexibility index (Phi) is 14.9. The van der Waals surface area contributed by atoms with Crippen LogP contribution in [0.5, 0.6) is 0 Å². The number of hydrogen-bond donors (Lipinski definition) is 0. The molecule has 0 bridgehead atoms. The van der Waals surface area contributed by atoms with Crippen molar-refractivity contribution in [1.29, 1.82) is 0 Å². The molecule has 0 nitrogen and oxygen atoms in total. The van der Waals surface area contributed by atoms with Crippen LogP contribution in [0.15, 0.2) is 12.1 Å². The van der Waals surface area contributed by atoms with Gasteiger partial charge in [0.05, 0.1) is 4.87 Å². The minimum atomic E-state index is -0.276. The molecule has 0 fully saturated rings. The monoisotopic (exact) mass is 434 g/mol. The number of alkyl halides is 1. The van der Waals surface area contributed by atoms with Crippen LogP contribution in [-0.4, -0.2) is 0 Å². The summed E-state index contributed by atoms with van der Waals surface area (Å²) in [5, 5.41) is 0. The Hall–Kier alpha value is -0.490. The van der Waals surface area contributed by atoms with Gasteiger partial charge in [0.15, 0.2) is 0 Å². The van der Waals surface area contributed by atoms with Crippen molar-refractivity contribution in [3.8, 4) is 0 Å². The maximum absolute atomic E-state index is 6.54. The predicted molar refractivity (Wildman–Crippen MR) is 138 cm³/mol. The minimum Gasteiger partial charge on any atom is -0.115 e. The van der Waals surface area contributed by atoms with Crippen LogP contribution in [0.2, 0.25) is 0 Å². The molecule has 0 N–H and O–H groups in total.